The maximum Gasteiger partial charge on any atom is 0.238 e. The third-order valence-corrected chi connectivity index (χ3v) is 4.23. The maximum atomic E-state index is 11.9. The highest BCUT2D eigenvalue weighted by atomic mass is 79.9. The molecule has 1 aliphatic rings. The summed E-state index contributed by atoms with van der Waals surface area (Å²) in [5.74, 6) is 1.81. The normalized spacial score (nSPS) is 21.2. The van der Waals surface area contributed by atoms with Crippen LogP contribution in [0.1, 0.15) is 18.5 Å². The first-order valence-corrected chi connectivity index (χ1v) is 7.48. The summed E-state index contributed by atoms with van der Waals surface area (Å²) in [6.07, 6.45) is 0. The molecule has 17 heavy (non-hydrogen) atoms. The van der Waals surface area contributed by atoms with Crippen molar-refractivity contribution in [2.75, 3.05) is 11.6 Å². The van der Waals surface area contributed by atoms with Crippen molar-refractivity contribution in [2.45, 2.75) is 19.0 Å². The Morgan fingerprint density at radius 2 is 2.24 bits per heavy atom. The number of hydrogen-bond donors (Lipinski definition) is 2. The van der Waals surface area contributed by atoms with Crippen LogP contribution in [0.5, 0.6) is 0 Å². The summed E-state index contributed by atoms with van der Waals surface area (Å²) in [6, 6.07) is 8.02. The average Bonchev–Trinajstić information content (AvgIpc) is 2.83. The lowest BCUT2D eigenvalue weighted by molar-refractivity contribution is -0.123. The van der Waals surface area contributed by atoms with E-state index in [9.17, 15) is 4.79 Å². The number of thioether (sulfide) groups is 1. The first-order valence-electron chi connectivity index (χ1n) is 5.54. The van der Waals surface area contributed by atoms with Crippen LogP contribution < -0.4 is 10.6 Å². The van der Waals surface area contributed by atoms with Crippen LogP contribution in [0.3, 0.4) is 0 Å². The van der Waals surface area contributed by atoms with Crippen molar-refractivity contribution in [3.63, 3.8) is 0 Å². The van der Waals surface area contributed by atoms with Gasteiger partial charge in [-0.25, -0.2) is 0 Å². The van der Waals surface area contributed by atoms with E-state index >= 15 is 0 Å². The van der Waals surface area contributed by atoms with E-state index < -0.39 is 0 Å². The van der Waals surface area contributed by atoms with E-state index in [0.717, 1.165) is 21.7 Å². The summed E-state index contributed by atoms with van der Waals surface area (Å²) in [5.41, 5.74) is 1.12. The van der Waals surface area contributed by atoms with Gasteiger partial charge >= 0.3 is 0 Å². The average molecular weight is 315 g/mol. The number of rotatable bonds is 3. The van der Waals surface area contributed by atoms with Crippen molar-refractivity contribution in [1.29, 1.82) is 0 Å². The summed E-state index contributed by atoms with van der Waals surface area (Å²) in [6.45, 7) is 2.00. The Hall–Kier alpha value is -0.520. The molecule has 92 valence electrons. The van der Waals surface area contributed by atoms with E-state index in [-0.39, 0.29) is 18.0 Å². The second-order valence-corrected chi connectivity index (χ2v) is 6.00. The highest BCUT2D eigenvalue weighted by Gasteiger charge is 2.23. The summed E-state index contributed by atoms with van der Waals surface area (Å²) in [7, 11) is 0. The molecule has 1 aromatic rings. The molecule has 0 aliphatic carbocycles. The molecule has 2 rings (SSSR count). The first kappa shape index (κ1) is 12.9. The molecule has 1 aromatic carbocycles. The van der Waals surface area contributed by atoms with Gasteiger partial charge in [0.2, 0.25) is 5.91 Å². The third-order valence-electron chi connectivity index (χ3n) is 2.76. The van der Waals surface area contributed by atoms with Gasteiger partial charge < -0.3 is 5.32 Å². The Balaban J connectivity index is 1.93. The fourth-order valence-electron chi connectivity index (χ4n) is 1.71. The predicted molar refractivity (Wildman–Crippen MR) is 74.9 cm³/mol. The zero-order valence-corrected chi connectivity index (χ0v) is 12.0. The Morgan fingerprint density at radius 3 is 2.82 bits per heavy atom. The van der Waals surface area contributed by atoms with Crippen LogP contribution in [-0.2, 0) is 4.79 Å². The Bertz CT molecular complexity index is 390. The highest BCUT2D eigenvalue weighted by Crippen LogP contribution is 2.17. The number of amides is 1. The van der Waals surface area contributed by atoms with Gasteiger partial charge in [0, 0.05) is 16.1 Å². The number of benzene rings is 1. The SMILES string of the molecule is CC(NC(=O)C1CSCN1)c1ccc(Br)cc1. The van der Waals surface area contributed by atoms with E-state index in [4.69, 9.17) is 0 Å². The van der Waals surface area contributed by atoms with Crippen LogP contribution in [0.2, 0.25) is 0 Å². The van der Waals surface area contributed by atoms with Crippen molar-refractivity contribution < 1.29 is 4.79 Å². The molecule has 0 spiro atoms. The van der Waals surface area contributed by atoms with Crippen molar-refractivity contribution in [3.05, 3.63) is 34.3 Å². The number of carbonyl (C=O) groups is 1. The van der Waals surface area contributed by atoms with E-state index in [1.165, 1.54) is 0 Å². The van der Waals surface area contributed by atoms with E-state index in [1.54, 1.807) is 11.8 Å². The molecule has 0 aromatic heterocycles. The second-order valence-electron chi connectivity index (χ2n) is 4.05. The molecule has 3 nitrogen and oxygen atoms in total. The van der Waals surface area contributed by atoms with Crippen LogP contribution in [-0.4, -0.2) is 23.6 Å². The molecule has 0 bridgehead atoms. The lowest BCUT2D eigenvalue weighted by atomic mass is 10.1. The van der Waals surface area contributed by atoms with Gasteiger partial charge in [0.1, 0.15) is 0 Å². The van der Waals surface area contributed by atoms with E-state index in [2.05, 4.69) is 26.6 Å². The van der Waals surface area contributed by atoms with Crippen LogP contribution in [0.25, 0.3) is 0 Å². The van der Waals surface area contributed by atoms with Gasteiger partial charge in [0.25, 0.3) is 0 Å². The summed E-state index contributed by atoms with van der Waals surface area (Å²) in [5, 5.41) is 6.19. The molecule has 1 aliphatic heterocycles. The molecule has 0 radical (unpaired) electrons. The van der Waals surface area contributed by atoms with Crippen LogP contribution in [0.4, 0.5) is 0 Å². The van der Waals surface area contributed by atoms with Crippen molar-refractivity contribution >= 4 is 33.6 Å². The molecular weight excluding hydrogens is 300 g/mol. The zero-order valence-electron chi connectivity index (χ0n) is 9.57. The minimum Gasteiger partial charge on any atom is -0.348 e. The maximum absolute atomic E-state index is 11.9. The topological polar surface area (TPSA) is 41.1 Å². The van der Waals surface area contributed by atoms with Crippen molar-refractivity contribution in [3.8, 4) is 0 Å². The molecule has 1 fully saturated rings. The van der Waals surface area contributed by atoms with Crippen molar-refractivity contribution in [1.82, 2.24) is 10.6 Å². The van der Waals surface area contributed by atoms with Gasteiger partial charge in [0.15, 0.2) is 0 Å². The third kappa shape index (κ3) is 3.47. The van der Waals surface area contributed by atoms with Gasteiger partial charge in [-0.15, -0.1) is 11.8 Å². The second kappa shape index (κ2) is 5.89. The molecule has 0 saturated carbocycles. The molecule has 1 saturated heterocycles. The molecule has 1 amide bonds. The molecular formula is C12H15BrN2OS. The fraction of sp³-hybridized carbons (Fsp3) is 0.417. The number of nitrogens with one attached hydrogen (secondary N) is 2. The minimum atomic E-state index is -0.0436. The number of hydrogen-bond acceptors (Lipinski definition) is 3. The summed E-state index contributed by atoms with van der Waals surface area (Å²) >= 11 is 5.16. The Kier molecular flexibility index (Phi) is 4.48. The molecule has 2 N–H and O–H groups in total. The summed E-state index contributed by atoms with van der Waals surface area (Å²) in [4.78, 5) is 11.9. The Labute approximate surface area is 114 Å². The van der Waals surface area contributed by atoms with Gasteiger partial charge in [-0.3, -0.25) is 10.1 Å². The first-order chi connectivity index (χ1) is 8.16. The fourth-order valence-corrected chi connectivity index (χ4v) is 2.92. The van der Waals surface area contributed by atoms with Gasteiger partial charge in [-0.2, -0.15) is 0 Å². The van der Waals surface area contributed by atoms with Gasteiger partial charge in [-0.1, -0.05) is 28.1 Å². The number of halogens is 1. The van der Waals surface area contributed by atoms with Crippen LogP contribution in [0, 0.1) is 0 Å². The largest absolute Gasteiger partial charge is 0.348 e. The Morgan fingerprint density at radius 1 is 1.53 bits per heavy atom. The van der Waals surface area contributed by atoms with Gasteiger partial charge in [0.05, 0.1) is 12.1 Å². The monoisotopic (exact) mass is 314 g/mol. The quantitative estimate of drug-likeness (QED) is 0.899. The lowest BCUT2D eigenvalue weighted by Crippen LogP contribution is -2.42. The van der Waals surface area contributed by atoms with Gasteiger partial charge in [-0.05, 0) is 24.6 Å². The number of carbonyl (C=O) groups excluding carboxylic acids is 1. The lowest BCUT2D eigenvalue weighted by Gasteiger charge is -2.17. The standard InChI is InChI=1S/C12H15BrN2OS/c1-8(9-2-4-10(13)5-3-9)15-12(16)11-6-17-7-14-11/h2-5,8,11,14H,6-7H2,1H3,(H,15,16). The van der Waals surface area contributed by atoms with E-state index in [0.29, 0.717) is 0 Å². The smallest absolute Gasteiger partial charge is 0.238 e. The molecule has 5 heteroatoms. The van der Waals surface area contributed by atoms with Crippen LogP contribution >= 0.6 is 27.7 Å². The van der Waals surface area contributed by atoms with E-state index in [1.807, 2.05) is 31.2 Å². The summed E-state index contributed by atoms with van der Waals surface area (Å²) < 4.78 is 1.05. The predicted octanol–water partition coefficient (Wildman–Crippen LogP) is 2.29. The minimum absolute atomic E-state index is 0.0436. The zero-order chi connectivity index (χ0) is 12.3. The van der Waals surface area contributed by atoms with Crippen molar-refractivity contribution in [2.24, 2.45) is 0 Å². The highest BCUT2D eigenvalue weighted by molar-refractivity contribution is 9.10. The molecule has 2 unspecified atom stereocenters. The molecule has 2 atom stereocenters. The molecule has 1 heterocycles. The van der Waals surface area contributed by atoms with Crippen LogP contribution in [0.15, 0.2) is 28.7 Å².